The highest BCUT2D eigenvalue weighted by atomic mass is 16.5. The summed E-state index contributed by atoms with van der Waals surface area (Å²) in [4.78, 5) is 0. The molecule has 0 saturated heterocycles. The Morgan fingerprint density at radius 1 is 1.14 bits per heavy atom. The molecule has 4 N–H and O–H groups in total. The fourth-order valence-corrected chi connectivity index (χ4v) is 2.42. The van der Waals surface area contributed by atoms with Gasteiger partial charge in [-0.25, -0.2) is 0 Å². The number of hydrogen-bond acceptors (Lipinski definition) is 5. The van der Waals surface area contributed by atoms with Crippen molar-refractivity contribution >= 4 is 0 Å². The van der Waals surface area contributed by atoms with Crippen molar-refractivity contribution in [3.8, 4) is 11.5 Å². The Kier molecular flexibility index (Phi) is 6.79. The van der Waals surface area contributed by atoms with Gasteiger partial charge >= 0.3 is 0 Å². The minimum absolute atomic E-state index is 0.122. The van der Waals surface area contributed by atoms with E-state index in [2.05, 4.69) is 5.32 Å². The summed E-state index contributed by atoms with van der Waals surface area (Å²) in [5.41, 5.74) is 7.01. The maximum atomic E-state index is 8.77. The molecule has 21 heavy (non-hydrogen) atoms. The third kappa shape index (κ3) is 4.88. The van der Waals surface area contributed by atoms with E-state index in [1.54, 1.807) is 0 Å². The van der Waals surface area contributed by atoms with Crippen LogP contribution in [0.3, 0.4) is 0 Å². The zero-order valence-electron chi connectivity index (χ0n) is 12.5. The molecule has 0 aliphatic carbocycles. The highest BCUT2D eigenvalue weighted by molar-refractivity contribution is 5.44. The Labute approximate surface area is 126 Å². The van der Waals surface area contributed by atoms with Gasteiger partial charge in [-0.15, -0.1) is 0 Å². The lowest BCUT2D eigenvalue weighted by Crippen LogP contribution is -2.29. The van der Waals surface area contributed by atoms with E-state index in [-0.39, 0.29) is 12.6 Å². The maximum Gasteiger partial charge on any atom is 0.161 e. The van der Waals surface area contributed by atoms with Crippen LogP contribution in [-0.4, -0.2) is 38.0 Å². The molecule has 0 saturated carbocycles. The fourth-order valence-electron chi connectivity index (χ4n) is 2.42. The van der Waals surface area contributed by atoms with Gasteiger partial charge < -0.3 is 25.6 Å². The summed E-state index contributed by atoms with van der Waals surface area (Å²) in [6.45, 7) is 3.10. The molecule has 1 atom stereocenters. The van der Waals surface area contributed by atoms with Gasteiger partial charge in [-0.3, -0.25) is 0 Å². The Bertz CT molecular complexity index is 426. The zero-order chi connectivity index (χ0) is 14.9. The van der Waals surface area contributed by atoms with Crippen molar-refractivity contribution in [1.82, 2.24) is 5.32 Å². The molecule has 0 radical (unpaired) electrons. The Hall–Kier alpha value is -1.30. The van der Waals surface area contributed by atoms with Crippen molar-refractivity contribution in [1.29, 1.82) is 0 Å². The SMILES string of the molecule is NCC(NCCCCCO)c1ccc2c(c1)OCCCO2. The average Bonchev–Trinajstić information content (AvgIpc) is 2.75. The van der Waals surface area contributed by atoms with E-state index in [1.165, 1.54) is 0 Å². The number of aliphatic hydroxyl groups excluding tert-OH is 1. The fraction of sp³-hybridized carbons (Fsp3) is 0.625. The predicted octanol–water partition coefficient (Wildman–Crippen LogP) is 1.60. The molecule has 0 spiro atoms. The number of aliphatic hydroxyl groups is 1. The Balaban J connectivity index is 1.93. The molecule has 0 aromatic heterocycles. The van der Waals surface area contributed by atoms with Crippen molar-refractivity contribution in [3.63, 3.8) is 0 Å². The molecule has 1 aliphatic heterocycles. The maximum absolute atomic E-state index is 8.77. The first-order valence-electron chi connectivity index (χ1n) is 7.79. The molecule has 1 aromatic rings. The summed E-state index contributed by atoms with van der Waals surface area (Å²) in [5.74, 6) is 1.63. The van der Waals surface area contributed by atoms with Crippen LogP contribution in [0, 0.1) is 0 Å². The third-order valence-corrected chi connectivity index (χ3v) is 3.64. The second kappa shape index (κ2) is 8.87. The Morgan fingerprint density at radius 3 is 2.71 bits per heavy atom. The minimum Gasteiger partial charge on any atom is -0.490 e. The zero-order valence-corrected chi connectivity index (χ0v) is 12.5. The number of unbranched alkanes of at least 4 members (excludes halogenated alkanes) is 2. The van der Waals surface area contributed by atoms with E-state index >= 15 is 0 Å². The molecule has 5 heteroatoms. The van der Waals surface area contributed by atoms with Crippen LogP contribution in [-0.2, 0) is 0 Å². The van der Waals surface area contributed by atoms with E-state index in [1.807, 2.05) is 18.2 Å². The molecule has 2 rings (SSSR count). The molecule has 0 bridgehead atoms. The van der Waals surface area contributed by atoms with E-state index in [0.29, 0.717) is 19.8 Å². The van der Waals surface area contributed by atoms with Crippen LogP contribution in [0.5, 0.6) is 11.5 Å². The first-order chi connectivity index (χ1) is 10.3. The van der Waals surface area contributed by atoms with Crippen LogP contribution in [0.25, 0.3) is 0 Å². The third-order valence-electron chi connectivity index (χ3n) is 3.64. The van der Waals surface area contributed by atoms with Crippen LogP contribution in [0.2, 0.25) is 0 Å². The quantitative estimate of drug-likeness (QED) is 0.635. The van der Waals surface area contributed by atoms with Crippen molar-refractivity contribution in [3.05, 3.63) is 23.8 Å². The second-order valence-corrected chi connectivity index (χ2v) is 5.28. The van der Waals surface area contributed by atoms with Crippen molar-refractivity contribution in [2.45, 2.75) is 31.7 Å². The number of benzene rings is 1. The summed E-state index contributed by atoms with van der Waals surface area (Å²) < 4.78 is 11.4. The molecule has 5 nitrogen and oxygen atoms in total. The number of fused-ring (bicyclic) bond motifs is 1. The molecule has 0 amide bonds. The topological polar surface area (TPSA) is 76.7 Å². The van der Waals surface area contributed by atoms with E-state index in [0.717, 1.165) is 49.3 Å². The van der Waals surface area contributed by atoms with E-state index < -0.39 is 0 Å². The minimum atomic E-state index is 0.122. The molecule has 118 valence electrons. The van der Waals surface area contributed by atoms with Crippen LogP contribution < -0.4 is 20.5 Å². The summed E-state index contributed by atoms with van der Waals surface area (Å²) in [7, 11) is 0. The van der Waals surface area contributed by atoms with Crippen LogP contribution in [0.15, 0.2) is 18.2 Å². The number of nitrogens with two attached hydrogens (primary N) is 1. The summed E-state index contributed by atoms with van der Waals surface area (Å²) >= 11 is 0. The molecular formula is C16H26N2O3. The van der Waals surface area contributed by atoms with Gasteiger partial charge in [0.15, 0.2) is 11.5 Å². The summed E-state index contributed by atoms with van der Waals surface area (Å²) in [6.07, 6.45) is 3.84. The lowest BCUT2D eigenvalue weighted by Gasteiger charge is -2.19. The van der Waals surface area contributed by atoms with Gasteiger partial charge in [0.1, 0.15) is 0 Å². The van der Waals surface area contributed by atoms with Crippen molar-refractivity contribution in [2.75, 3.05) is 32.9 Å². The number of ether oxygens (including phenoxy) is 2. The number of rotatable bonds is 8. The Morgan fingerprint density at radius 2 is 1.95 bits per heavy atom. The lowest BCUT2D eigenvalue weighted by molar-refractivity contribution is 0.282. The molecule has 1 aliphatic rings. The van der Waals surface area contributed by atoms with Crippen molar-refractivity contribution in [2.24, 2.45) is 5.73 Å². The van der Waals surface area contributed by atoms with E-state index in [9.17, 15) is 0 Å². The monoisotopic (exact) mass is 294 g/mol. The van der Waals surface area contributed by atoms with Crippen LogP contribution in [0.1, 0.15) is 37.3 Å². The molecule has 1 aromatic carbocycles. The highest BCUT2D eigenvalue weighted by Crippen LogP contribution is 2.32. The average molecular weight is 294 g/mol. The van der Waals surface area contributed by atoms with Gasteiger partial charge in [-0.1, -0.05) is 6.07 Å². The molecule has 1 unspecified atom stereocenters. The largest absolute Gasteiger partial charge is 0.490 e. The van der Waals surface area contributed by atoms with Crippen LogP contribution in [0.4, 0.5) is 0 Å². The second-order valence-electron chi connectivity index (χ2n) is 5.28. The van der Waals surface area contributed by atoms with Gasteiger partial charge in [0.2, 0.25) is 0 Å². The van der Waals surface area contributed by atoms with Gasteiger partial charge in [0.05, 0.1) is 13.2 Å². The molecule has 0 fully saturated rings. The smallest absolute Gasteiger partial charge is 0.161 e. The normalized spacial score (nSPS) is 15.5. The first kappa shape index (κ1) is 16.1. The summed E-state index contributed by atoms with van der Waals surface area (Å²) in [6, 6.07) is 6.16. The summed E-state index contributed by atoms with van der Waals surface area (Å²) in [5, 5.41) is 12.2. The van der Waals surface area contributed by atoms with E-state index in [4.69, 9.17) is 20.3 Å². The van der Waals surface area contributed by atoms with Gasteiger partial charge in [0, 0.05) is 25.6 Å². The van der Waals surface area contributed by atoms with Crippen LogP contribution >= 0.6 is 0 Å². The standard InChI is InChI=1S/C16H26N2O3/c17-12-14(18-7-2-1-3-8-19)13-5-6-15-16(11-13)21-10-4-9-20-15/h5-6,11,14,18-19H,1-4,7-10,12,17H2. The molecular weight excluding hydrogens is 268 g/mol. The molecule has 1 heterocycles. The van der Waals surface area contributed by atoms with Gasteiger partial charge in [0.25, 0.3) is 0 Å². The number of nitrogens with one attached hydrogen (secondary N) is 1. The first-order valence-corrected chi connectivity index (χ1v) is 7.79. The van der Waals surface area contributed by atoms with Crippen molar-refractivity contribution < 1.29 is 14.6 Å². The lowest BCUT2D eigenvalue weighted by atomic mass is 10.1. The predicted molar refractivity (Wildman–Crippen MR) is 82.8 cm³/mol. The number of hydrogen-bond donors (Lipinski definition) is 3. The highest BCUT2D eigenvalue weighted by Gasteiger charge is 2.15. The van der Waals surface area contributed by atoms with Gasteiger partial charge in [-0.2, -0.15) is 0 Å². The van der Waals surface area contributed by atoms with Gasteiger partial charge in [-0.05, 0) is 43.5 Å².